The van der Waals surface area contributed by atoms with E-state index < -0.39 is 0 Å². The Kier molecular flexibility index (Phi) is 6.39. The van der Waals surface area contributed by atoms with Gasteiger partial charge in [0, 0.05) is 18.0 Å². The summed E-state index contributed by atoms with van der Waals surface area (Å²) in [5.74, 6) is 1.67. The van der Waals surface area contributed by atoms with Gasteiger partial charge in [-0.15, -0.1) is 11.3 Å². The standard InChI is InChI=1S/C19H25BrN2O2S/c1-22(2)9-4-10-24-16-12-14-13(11-15(16)23-3)7-8-21-19(14)17-5-6-18(20)25-17/h5-6,11-12,19,21H,4,7-10H2,1-3H3. The van der Waals surface area contributed by atoms with Crippen LogP contribution in [0.3, 0.4) is 0 Å². The highest BCUT2D eigenvalue weighted by Crippen LogP contribution is 2.39. The largest absolute Gasteiger partial charge is 0.493 e. The molecule has 1 atom stereocenters. The fraction of sp³-hybridized carbons (Fsp3) is 0.474. The molecule has 1 aromatic carbocycles. The Morgan fingerprint density at radius 1 is 1.28 bits per heavy atom. The van der Waals surface area contributed by atoms with Crippen molar-refractivity contribution in [2.75, 3.05) is 40.9 Å². The van der Waals surface area contributed by atoms with Gasteiger partial charge in [0.15, 0.2) is 11.5 Å². The van der Waals surface area contributed by atoms with Gasteiger partial charge in [0.2, 0.25) is 0 Å². The predicted molar refractivity (Wildman–Crippen MR) is 107 cm³/mol. The fourth-order valence-corrected chi connectivity index (χ4v) is 4.66. The van der Waals surface area contributed by atoms with Gasteiger partial charge in [0.05, 0.1) is 23.5 Å². The fourth-order valence-electron chi connectivity index (χ4n) is 3.14. The number of thiophene rings is 1. The van der Waals surface area contributed by atoms with Gasteiger partial charge in [-0.2, -0.15) is 0 Å². The van der Waals surface area contributed by atoms with Gasteiger partial charge in [-0.1, -0.05) is 0 Å². The predicted octanol–water partition coefficient (Wildman–Crippen LogP) is 4.08. The molecule has 25 heavy (non-hydrogen) atoms. The van der Waals surface area contributed by atoms with Gasteiger partial charge < -0.3 is 19.7 Å². The molecule has 1 aliphatic heterocycles. The van der Waals surface area contributed by atoms with Crippen LogP contribution in [-0.4, -0.2) is 45.8 Å². The highest BCUT2D eigenvalue weighted by atomic mass is 79.9. The second kappa shape index (κ2) is 8.54. The molecule has 2 aromatic rings. The van der Waals surface area contributed by atoms with E-state index >= 15 is 0 Å². The van der Waals surface area contributed by atoms with E-state index in [1.807, 2.05) is 0 Å². The molecule has 1 unspecified atom stereocenters. The van der Waals surface area contributed by atoms with Crippen LogP contribution in [0, 0.1) is 0 Å². The van der Waals surface area contributed by atoms with E-state index in [-0.39, 0.29) is 6.04 Å². The lowest BCUT2D eigenvalue weighted by Gasteiger charge is -2.27. The van der Waals surface area contributed by atoms with Crippen LogP contribution >= 0.6 is 27.3 Å². The van der Waals surface area contributed by atoms with Crippen molar-refractivity contribution in [1.29, 1.82) is 0 Å². The number of hydrogen-bond acceptors (Lipinski definition) is 5. The molecular weight excluding hydrogens is 400 g/mol. The molecule has 0 saturated carbocycles. The summed E-state index contributed by atoms with van der Waals surface area (Å²) < 4.78 is 12.8. The van der Waals surface area contributed by atoms with E-state index in [0.717, 1.165) is 41.2 Å². The van der Waals surface area contributed by atoms with Gasteiger partial charge >= 0.3 is 0 Å². The first-order chi connectivity index (χ1) is 12.1. The zero-order chi connectivity index (χ0) is 17.8. The van der Waals surface area contributed by atoms with E-state index in [2.05, 4.69) is 64.5 Å². The lowest BCUT2D eigenvalue weighted by atomic mass is 9.92. The number of rotatable bonds is 7. The van der Waals surface area contributed by atoms with Crippen molar-refractivity contribution in [3.63, 3.8) is 0 Å². The first kappa shape index (κ1) is 18.7. The van der Waals surface area contributed by atoms with Crippen molar-refractivity contribution in [3.8, 4) is 11.5 Å². The molecule has 1 aliphatic rings. The normalized spacial score (nSPS) is 16.8. The number of nitrogens with zero attached hydrogens (tertiary/aromatic N) is 1. The monoisotopic (exact) mass is 424 g/mol. The summed E-state index contributed by atoms with van der Waals surface area (Å²) in [6, 6.07) is 8.82. The number of nitrogens with one attached hydrogen (secondary N) is 1. The Morgan fingerprint density at radius 3 is 2.80 bits per heavy atom. The van der Waals surface area contributed by atoms with Crippen LogP contribution < -0.4 is 14.8 Å². The van der Waals surface area contributed by atoms with Crippen molar-refractivity contribution in [2.24, 2.45) is 0 Å². The van der Waals surface area contributed by atoms with Crippen LogP contribution in [0.4, 0.5) is 0 Å². The summed E-state index contributed by atoms with van der Waals surface area (Å²) in [6.45, 7) is 2.68. The third-order valence-electron chi connectivity index (χ3n) is 4.37. The molecule has 1 aromatic heterocycles. The summed E-state index contributed by atoms with van der Waals surface area (Å²) in [4.78, 5) is 3.48. The summed E-state index contributed by atoms with van der Waals surface area (Å²) in [5.41, 5.74) is 2.63. The van der Waals surface area contributed by atoms with Crippen molar-refractivity contribution in [2.45, 2.75) is 18.9 Å². The van der Waals surface area contributed by atoms with E-state index in [0.29, 0.717) is 6.61 Å². The summed E-state index contributed by atoms with van der Waals surface area (Å²) in [6.07, 6.45) is 2.00. The van der Waals surface area contributed by atoms with E-state index in [4.69, 9.17) is 9.47 Å². The maximum absolute atomic E-state index is 6.05. The number of benzene rings is 1. The smallest absolute Gasteiger partial charge is 0.161 e. The third kappa shape index (κ3) is 4.56. The lowest BCUT2D eigenvalue weighted by molar-refractivity contribution is 0.267. The average molecular weight is 425 g/mol. The number of ether oxygens (including phenoxy) is 2. The van der Waals surface area contributed by atoms with Gasteiger partial charge in [-0.3, -0.25) is 0 Å². The first-order valence-corrected chi connectivity index (χ1v) is 10.2. The van der Waals surface area contributed by atoms with Gasteiger partial charge in [0.25, 0.3) is 0 Å². The SMILES string of the molecule is COc1cc2c(cc1OCCCN(C)C)C(c1ccc(Br)s1)NCC2. The zero-order valence-corrected chi connectivity index (χ0v) is 17.4. The van der Waals surface area contributed by atoms with Crippen LogP contribution in [0.15, 0.2) is 28.1 Å². The molecule has 1 N–H and O–H groups in total. The Bertz CT molecular complexity index is 717. The molecule has 4 nitrogen and oxygen atoms in total. The third-order valence-corrected chi connectivity index (χ3v) is 6.05. The van der Waals surface area contributed by atoms with Gasteiger partial charge in [-0.05, 0) is 78.3 Å². The zero-order valence-electron chi connectivity index (χ0n) is 15.0. The molecule has 0 fully saturated rings. The molecular formula is C19H25BrN2O2S. The van der Waals surface area contributed by atoms with Crippen molar-refractivity contribution >= 4 is 27.3 Å². The molecule has 2 heterocycles. The molecule has 0 amide bonds. The van der Waals surface area contributed by atoms with Crippen LogP contribution in [0.2, 0.25) is 0 Å². The number of halogens is 1. The quantitative estimate of drug-likeness (QED) is 0.678. The molecule has 136 valence electrons. The average Bonchev–Trinajstić information content (AvgIpc) is 3.03. The Labute approximate surface area is 162 Å². The van der Waals surface area contributed by atoms with Crippen LogP contribution in [0.1, 0.15) is 28.5 Å². The Hall–Kier alpha value is -1.08. The highest BCUT2D eigenvalue weighted by Gasteiger charge is 2.25. The second-order valence-electron chi connectivity index (χ2n) is 6.49. The number of methoxy groups -OCH3 is 1. The summed E-state index contributed by atoms with van der Waals surface area (Å²) in [7, 11) is 5.87. The molecule has 0 aliphatic carbocycles. The Morgan fingerprint density at radius 2 is 2.12 bits per heavy atom. The molecule has 0 radical (unpaired) electrons. The van der Waals surface area contributed by atoms with Gasteiger partial charge in [0.1, 0.15) is 0 Å². The van der Waals surface area contributed by atoms with E-state index in [1.54, 1.807) is 18.4 Å². The minimum atomic E-state index is 0.218. The van der Waals surface area contributed by atoms with Gasteiger partial charge in [-0.25, -0.2) is 0 Å². The topological polar surface area (TPSA) is 33.7 Å². The molecule has 0 saturated heterocycles. The minimum Gasteiger partial charge on any atom is -0.493 e. The van der Waals surface area contributed by atoms with Crippen molar-refractivity contribution in [3.05, 3.63) is 44.1 Å². The van der Waals surface area contributed by atoms with Crippen molar-refractivity contribution in [1.82, 2.24) is 10.2 Å². The first-order valence-electron chi connectivity index (χ1n) is 8.55. The molecule has 3 rings (SSSR count). The summed E-state index contributed by atoms with van der Waals surface area (Å²) in [5, 5.41) is 3.64. The van der Waals surface area contributed by atoms with Crippen LogP contribution in [0.5, 0.6) is 11.5 Å². The number of hydrogen-bond donors (Lipinski definition) is 1. The molecule has 0 bridgehead atoms. The molecule has 0 spiro atoms. The summed E-state index contributed by atoms with van der Waals surface area (Å²) >= 11 is 5.35. The molecule has 6 heteroatoms. The van der Waals surface area contributed by atoms with E-state index in [9.17, 15) is 0 Å². The Balaban J connectivity index is 1.84. The highest BCUT2D eigenvalue weighted by molar-refractivity contribution is 9.11. The van der Waals surface area contributed by atoms with E-state index in [1.165, 1.54) is 16.0 Å². The maximum Gasteiger partial charge on any atom is 0.161 e. The maximum atomic E-state index is 6.05. The van der Waals surface area contributed by atoms with Crippen LogP contribution in [0.25, 0.3) is 0 Å². The van der Waals surface area contributed by atoms with Crippen molar-refractivity contribution < 1.29 is 9.47 Å². The number of fused-ring (bicyclic) bond motifs is 1. The second-order valence-corrected chi connectivity index (χ2v) is 8.98. The minimum absolute atomic E-state index is 0.218. The van der Waals surface area contributed by atoms with Crippen LogP contribution in [-0.2, 0) is 6.42 Å². The lowest BCUT2D eigenvalue weighted by Crippen LogP contribution is -2.30.